The van der Waals surface area contributed by atoms with Gasteiger partial charge in [-0.1, -0.05) is 0 Å². The Balaban J connectivity index is 0.000000720. The molecule has 2 aliphatic rings. The summed E-state index contributed by atoms with van der Waals surface area (Å²) in [5, 5.41) is 3.45. The lowest BCUT2D eigenvalue weighted by molar-refractivity contribution is -0.129. The molecule has 2 bridgehead atoms. The van der Waals surface area contributed by atoms with E-state index in [-0.39, 0.29) is 12.4 Å². The molecule has 0 aromatic heterocycles. The molecule has 2 unspecified atom stereocenters. The van der Waals surface area contributed by atoms with Crippen molar-refractivity contribution in [2.75, 3.05) is 13.6 Å². The average molecular weight is 191 g/mol. The number of carbonyl (C=O) groups excluding carboxylic acids is 1. The van der Waals surface area contributed by atoms with Crippen molar-refractivity contribution in [1.82, 2.24) is 10.2 Å². The van der Waals surface area contributed by atoms with Gasteiger partial charge in [0.05, 0.1) is 0 Å². The van der Waals surface area contributed by atoms with Crippen LogP contribution in [0, 0.1) is 0 Å². The predicted molar refractivity (Wildman–Crippen MR) is 49.4 cm³/mol. The highest BCUT2D eigenvalue weighted by molar-refractivity contribution is 5.85. The van der Waals surface area contributed by atoms with Gasteiger partial charge in [-0.15, -0.1) is 12.4 Å². The van der Waals surface area contributed by atoms with E-state index in [9.17, 15) is 4.79 Å². The van der Waals surface area contributed by atoms with Crippen molar-refractivity contribution < 1.29 is 4.79 Å². The Morgan fingerprint density at radius 2 is 2.08 bits per heavy atom. The van der Waals surface area contributed by atoms with Crippen LogP contribution in [0.3, 0.4) is 0 Å². The molecule has 0 aromatic rings. The number of amides is 1. The Kier molecular flexibility index (Phi) is 2.96. The summed E-state index contributed by atoms with van der Waals surface area (Å²) in [5.41, 5.74) is 0. The molecule has 2 fully saturated rings. The van der Waals surface area contributed by atoms with Crippen LogP contribution in [-0.4, -0.2) is 36.5 Å². The van der Waals surface area contributed by atoms with Gasteiger partial charge in [-0.3, -0.25) is 4.79 Å². The minimum atomic E-state index is 0. The molecule has 70 valence electrons. The highest BCUT2D eigenvalue weighted by atomic mass is 35.5. The molecule has 1 N–H and O–H groups in total. The van der Waals surface area contributed by atoms with Gasteiger partial charge in [0.25, 0.3) is 0 Å². The molecule has 2 aliphatic heterocycles. The second-order valence-corrected chi connectivity index (χ2v) is 3.62. The van der Waals surface area contributed by atoms with Gasteiger partial charge in [0.15, 0.2) is 0 Å². The van der Waals surface area contributed by atoms with Crippen molar-refractivity contribution in [3.05, 3.63) is 0 Å². The van der Waals surface area contributed by atoms with Crippen LogP contribution in [0.5, 0.6) is 0 Å². The third kappa shape index (κ3) is 1.72. The Hall–Kier alpha value is -0.280. The van der Waals surface area contributed by atoms with E-state index in [1.807, 2.05) is 11.9 Å². The number of hydrogen-bond acceptors (Lipinski definition) is 2. The number of halogens is 1. The van der Waals surface area contributed by atoms with Crippen LogP contribution in [0.2, 0.25) is 0 Å². The van der Waals surface area contributed by atoms with E-state index in [0.29, 0.717) is 24.4 Å². The highest BCUT2D eigenvalue weighted by Crippen LogP contribution is 2.19. The number of carbonyl (C=O) groups is 1. The van der Waals surface area contributed by atoms with Crippen molar-refractivity contribution in [2.24, 2.45) is 0 Å². The number of hydrogen-bond donors (Lipinski definition) is 1. The second-order valence-electron chi connectivity index (χ2n) is 3.62. The molecule has 1 amide bonds. The lowest BCUT2D eigenvalue weighted by Gasteiger charge is -2.18. The lowest BCUT2D eigenvalue weighted by Crippen LogP contribution is -2.34. The number of likely N-dealkylation sites (N-methyl/N-ethyl adjacent to an activating group) is 1. The highest BCUT2D eigenvalue weighted by Gasteiger charge is 2.31. The molecule has 0 radical (unpaired) electrons. The SMILES string of the molecule is CN1CC2CCC(CC1=O)N2.Cl. The summed E-state index contributed by atoms with van der Waals surface area (Å²) in [6.07, 6.45) is 3.12. The maximum atomic E-state index is 11.3. The largest absolute Gasteiger partial charge is 0.344 e. The van der Waals surface area contributed by atoms with Crippen LogP contribution in [0.1, 0.15) is 19.3 Å². The summed E-state index contributed by atoms with van der Waals surface area (Å²) < 4.78 is 0. The van der Waals surface area contributed by atoms with Gasteiger partial charge in [-0.2, -0.15) is 0 Å². The van der Waals surface area contributed by atoms with Crippen molar-refractivity contribution >= 4 is 18.3 Å². The molecular weight excluding hydrogens is 176 g/mol. The van der Waals surface area contributed by atoms with Gasteiger partial charge in [0, 0.05) is 32.1 Å². The first kappa shape index (κ1) is 9.81. The summed E-state index contributed by atoms with van der Waals surface area (Å²) in [4.78, 5) is 13.1. The first-order valence-electron chi connectivity index (χ1n) is 4.26. The molecule has 0 spiro atoms. The number of nitrogens with zero attached hydrogens (tertiary/aromatic N) is 1. The van der Waals surface area contributed by atoms with E-state index >= 15 is 0 Å². The molecule has 2 saturated heterocycles. The number of fused-ring (bicyclic) bond motifs is 2. The summed E-state index contributed by atoms with van der Waals surface area (Å²) >= 11 is 0. The topological polar surface area (TPSA) is 32.3 Å². The molecule has 0 aromatic carbocycles. The summed E-state index contributed by atoms with van der Waals surface area (Å²) in [6.45, 7) is 0.898. The number of rotatable bonds is 0. The monoisotopic (exact) mass is 190 g/mol. The van der Waals surface area contributed by atoms with E-state index in [4.69, 9.17) is 0 Å². The minimum Gasteiger partial charge on any atom is -0.344 e. The first-order valence-corrected chi connectivity index (χ1v) is 4.26. The molecule has 12 heavy (non-hydrogen) atoms. The van der Waals surface area contributed by atoms with Gasteiger partial charge in [-0.25, -0.2) is 0 Å². The van der Waals surface area contributed by atoms with Crippen LogP contribution in [-0.2, 0) is 4.79 Å². The fraction of sp³-hybridized carbons (Fsp3) is 0.875. The Labute approximate surface area is 78.9 Å². The van der Waals surface area contributed by atoms with Gasteiger partial charge >= 0.3 is 0 Å². The fourth-order valence-electron chi connectivity index (χ4n) is 2.01. The normalized spacial score (nSPS) is 34.4. The summed E-state index contributed by atoms with van der Waals surface area (Å²) in [5.74, 6) is 0.296. The van der Waals surface area contributed by atoms with Crippen LogP contribution in [0.25, 0.3) is 0 Å². The zero-order valence-electron chi connectivity index (χ0n) is 7.25. The van der Waals surface area contributed by atoms with E-state index in [0.717, 1.165) is 6.54 Å². The van der Waals surface area contributed by atoms with E-state index < -0.39 is 0 Å². The predicted octanol–water partition coefficient (Wildman–Crippen LogP) is 0.391. The van der Waals surface area contributed by atoms with E-state index in [2.05, 4.69) is 5.32 Å². The Morgan fingerprint density at radius 3 is 2.83 bits per heavy atom. The van der Waals surface area contributed by atoms with Gasteiger partial charge < -0.3 is 10.2 Å². The maximum absolute atomic E-state index is 11.3. The van der Waals surface area contributed by atoms with Crippen LogP contribution < -0.4 is 5.32 Å². The summed E-state index contributed by atoms with van der Waals surface area (Å²) in [6, 6.07) is 1.04. The third-order valence-electron chi connectivity index (χ3n) is 2.68. The maximum Gasteiger partial charge on any atom is 0.223 e. The van der Waals surface area contributed by atoms with Crippen molar-refractivity contribution in [3.8, 4) is 0 Å². The van der Waals surface area contributed by atoms with Gasteiger partial charge in [-0.05, 0) is 12.8 Å². The second kappa shape index (κ2) is 3.62. The van der Waals surface area contributed by atoms with E-state index in [1.165, 1.54) is 12.8 Å². The molecule has 4 heteroatoms. The average Bonchev–Trinajstić information content (AvgIpc) is 2.30. The van der Waals surface area contributed by atoms with Crippen LogP contribution in [0.15, 0.2) is 0 Å². The fourth-order valence-corrected chi connectivity index (χ4v) is 2.01. The Morgan fingerprint density at radius 1 is 1.42 bits per heavy atom. The molecule has 0 aliphatic carbocycles. The zero-order valence-corrected chi connectivity index (χ0v) is 8.06. The standard InChI is InChI=1S/C8H14N2O.ClH/c1-10-5-7-3-2-6(9-7)4-8(10)11;/h6-7,9H,2-5H2,1H3;1H. The molecule has 2 rings (SSSR count). The lowest BCUT2D eigenvalue weighted by atomic mass is 10.1. The molecule has 2 atom stereocenters. The zero-order chi connectivity index (χ0) is 7.84. The quantitative estimate of drug-likeness (QED) is 0.600. The Bertz CT molecular complexity index is 186. The molecule has 3 nitrogen and oxygen atoms in total. The minimum absolute atomic E-state index is 0. The van der Waals surface area contributed by atoms with Crippen molar-refractivity contribution in [2.45, 2.75) is 31.3 Å². The van der Waals surface area contributed by atoms with E-state index in [1.54, 1.807) is 0 Å². The summed E-state index contributed by atoms with van der Waals surface area (Å²) in [7, 11) is 1.89. The van der Waals surface area contributed by atoms with Crippen molar-refractivity contribution in [1.29, 1.82) is 0 Å². The van der Waals surface area contributed by atoms with Gasteiger partial charge in [0.1, 0.15) is 0 Å². The van der Waals surface area contributed by atoms with Crippen LogP contribution >= 0.6 is 12.4 Å². The molecular formula is C8H15ClN2O. The number of nitrogens with one attached hydrogen (secondary N) is 1. The molecule has 0 saturated carbocycles. The smallest absolute Gasteiger partial charge is 0.223 e. The van der Waals surface area contributed by atoms with Gasteiger partial charge in [0.2, 0.25) is 5.91 Å². The first-order chi connectivity index (χ1) is 5.25. The van der Waals surface area contributed by atoms with Crippen molar-refractivity contribution in [3.63, 3.8) is 0 Å². The number of likely N-dealkylation sites (tertiary alicyclic amines) is 1. The molecule has 2 heterocycles. The third-order valence-corrected chi connectivity index (χ3v) is 2.68. The van der Waals surface area contributed by atoms with Crippen LogP contribution in [0.4, 0.5) is 0 Å².